The van der Waals surface area contributed by atoms with Crippen molar-refractivity contribution in [2.75, 3.05) is 19.3 Å². The zero-order chi connectivity index (χ0) is 17.3. The fraction of sp³-hybridized carbons (Fsp3) is 0.562. The number of piperidine rings is 1. The summed E-state index contributed by atoms with van der Waals surface area (Å²) in [6.45, 7) is 4.34. The zero-order valence-corrected chi connectivity index (χ0v) is 15.7. The van der Waals surface area contributed by atoms with E-state index in [-0.39, 0.29) is 31.1 Å². The summed E-state index contributed by atoms with van der Waals surface area (Å²) in [6.07, 6.45) is 1.59. The molecular weight excluding hydrogens is 355 g/mol. The van der Waals surface area contributed by atoms with Crippen LogP contribution >= 0.6 is 12.4 Å². The molecule has 0 bridgehead atoms. The lowest BCUT2D eigenvalue weighted by molar-refractivity contribution is -0.125. The van der Waals surface area contributed by atoms with Crippen molar-refractivity contribution in [3.05, 3.63) is 35.1 Å². The minimum atomic E-state index is -3.56. The van der Waals surface area contributed by atoms with Gasteiger partial charge in [0.2, 0.25) is 5.91 Å². The zero-order valence-electron chi connectivity index (χ0n) is 14.1. The highest BCUT2D eigenvalue weighted by atomic mass is 35.5. The van der Waals surface area contributed by atoms with Crippen molar-refractivity contribution < 1.29 is 17.6 Å². The Morgan fingerprint density at radius 2 is 1.92 bits per heavy atom. The van der Waals surface area contributed by atoms with Crippen LogP contribution in [0.1, 0.15) is 36.9 Å². The number of hydrogen-bond acceptors (Lipinski definition) is 4. The quantitative estimate of drug-likeness (QED) is 0.839. The third kappa shape index (κ3) is 4.07. The van der Waals surface area contributed by atoms with E-state index in [1.54, 1.807) is 26.0 Å². The number of aryl methyl sites for hydroxylation is 1. The van der Waals surface area contributed by atoms with E-state index in [0.29, 0.717) is 24.2 Å². The molecule has 0 radical (unpaired) electrons. The summed E-state index contributed by atoms with van der Waals surface area (Å²) in [6, 6.07) is 4.28. The Balaban J connectivity index is 0.00000288. The molecule has 1 fully saturated rings. The van der Waals surface area contributed by atoms with Gasteiger partial charge in [0.1, 0.15) is 5.82 Å². The molecule has 8 heteroatoms. The molecule has 1 unspecified atom stereocenters. The second kappa shape index (κ2) is 7.80. The summed E-state index contributed by atoms with van der Waals surface area (Å²) in [5, 5.41) is 5.82. The van der Waals surface area contributed by atoms with Gasteiger partial charge in [0, 0.05) is 6.26 Å². The Hall–Kier alpha value is -1.18. The van der Waals surface area contributed by atoms with Gasteiger partial charge < -0.3 is 10.6 Å². The number of benzene rings is 1. The predicted octanol–water partition coefficient (Wildman–Crippen LogP) is 1.90. The van der Waals surface area contributed by atoms with Crippen LogP contribution in [0.5, 0.6) is 0 Å². The molecule has 0 aliphatic carbocycles. The van der Waals surface area contributed by atoms with Crippen LogP contribution in [0.3, 0.4) is 0 Å². The molecule has 136 valence electrons. The van der Waals surface area contributed by atoms with E-state index in [0.717, 1.165) is 6.26 Å². The van der Waals surface area contributed by atoms with Gasteiger partial charge in [0.15, 0.2) is 14.6 Å². The minimum absolute atomic E-state index is 0. The third-order valence-electron chi connectivity index (χ3n) is 4.58. The van der Waals surface area contributed by atoms with Gasteiger partial charge in [-0.1, -0.05) is 12.1 Å². The normalized spacial score (nSPS) is 18.3. The summed E-state index contributed by atoms with van der Waals surface area (Å²) in [5.74, 6) is -0.849. The first-order chi connectivity index (χ1) is 10.7. The molecule has 1 heterocycles. The smallest absolute Gasteiger partial charge is 0.242 e. The molecule has 1 aromatic carbocycles. The van der Waals surface area contributed by atoms with Crippen LogP contribution in [0.25, 0.3) is 0 Å². The van der Waals surface area contributed by atoms with Gasteiger partial charge in [-0.3, -0.25) is 4.79 Å². The van der Waals surface area contributed by atoms with E-state index in [9.17, 15) is 17.6 Å². The van der Waals surface area contributed by atoms with Crippen LogP contribution in [0.4, 0.5) is 4.39 Å². The van der Waals surface area contributed by atoms with E-state index in [4.69, 9.17) is 0 Å². The number of carbonyl (C=O) groups is 1. The van der Waals surface area contributed by atoms with Gasteiger partial charge in [-0.25, -0.2) is 12.8 Å². The summed E-state index contributed by atoms with van der Waals surface area (Å²) < 4.78 is 36.7. The molecule has 1 saturated heterocycles. The number of halogens is 2. The summed E-state index contributed by atoms with van der Waals surface area (Å²) in [4.78, 5) is 12.7. The van der Waals surface area contributed by atoms with E-state index < -0.39 is 26.5 Å². The number of nitrogens with one attached hydrogen (secondary N) is 2. The van der Waals surface area contributed by atoms with E-state index >= 15 is 0 Å². The molecule has 0 aromatic heterocycles. The monoisotopic (exact) mass is 378 g/mol. The van der Waals surface area contributed by atoms with Crippen molar-refractivity contribution in [2.24, 2.45) is 0 Å². The average molecular weight is 379 g/mol. The number of rotatable bonds is 4. The number of hydrogen-bond donors (Lipinski definition) is 2. The maximum atomic E-state index is 13.7. The fourth-order valence-corrected chi connectivity index (χ4v) is 4.23. The molecule has 1 atom stereocenters. The Morgan fingerprint density at radius 1 is 1.33 bits per heavy atom. The molecule has 0 saturated carbocycles. The van der Waals surface area contributed by atoms with Crippen molar-refractivity contribution >= 4 is 28.2 Å². The van der Waals surface area contributed by atoms with Gasteiger partial charge in [-0.2, -0.15) is 0 Å². The van der Waals surface area contributed by atoms with Crippen LogP contribution in [-0.4, -0.2) is 38.4 Å². The summed E-state index contributed by atoms with van der Waals surface area (Å²) >= 11 is 0. The lowest BCUT2D eigenvalue weighted by atomic mass is 9.95. The largest absolute Gasteiger partial charge is 0.348 e. The lowest BCUT2D eigenvalue weighted by Gasteiger charge is -2.35. The van der Waals surface area contributed by atoms with E-state index in [2.05, 4.69) is 10.6 Å². The number of amides is 1. The topological polar surface area (TPSA) is 75.3 Å². The van der Waals surface area contributed by atoms with Crippen molar-refractivity contribution in [1.82, 2.24) is 10.6 Å². The Labute approximate surface area is 148 Å². The second-order valence-electron chi connectivity index (χ2n) is 6.22. The van der Waals surface area contributed by atoms with E-state index in [1.165, 1.54) is 6.07 Å². The van der Waals surface area contributed by atoms with Crippen LogP contribution in [-0.2, 0) is 14.6 Å². The highest BCUT2D eigenvalue weighted by Crippen LogP contribution is 2.29. The molecule has 1 amide bonds. The van der Waals surface area contributed by atoms with Gasteiger partial charge in [0.25, 0.3) is 0 Å². The van der Waals surface area contributed by atoms with Crippen molar-refractivity contribution in [1.29, 1.82) is 0 Å². The minimum Gasteiger partial charge on any atom is -0.348 e. The van der Waals surface area contributed by atoms with Crippen LogP contribution in [0, 0.1) is 12.7 Å². The summed E-state index contributed by atoms with van der Waals surface area (Å²) in [5.41, 5.74) is 1.14. The Morgan fingerprint density at radius 3 is 2.42 bits per heavy atom. The third-order valence-corrected chi connectivity index (χ3v) is 6.59. The Bertz CT molecular complexity index is 703. The molecule has 2 N–H and O–H groups in total. The first-order valence-electron chi connectivity index (χ1n) is 7.65. The maximum Gasteiger partial charge on any atom is 0.242 e. The standard InChI is InChI=1S/C16H23FN2O3S.ClH/c1-11-4-5-13(10-14(11)17)12(2)19-15(20)16(23(3,21)22)6-8-18-9-7-16;/h4-5,10,12,18H,6-9H2,1-3H3,(H,19,20);1H. The van der Waals surface area contributed by atoms with Crippen molar-refractivity contribution in [3.8, 4) is 0 Å². The van der Waals surface area contributed by atoms with E-state index in [1.807, 2.05) is 0 Å². The molecule has 1 aliphatic rings. The van der Waals surface area contributed by atoms with Gasteiger partial charge in [0.05, 0.1) is 6.04 Å². The SMILES string of the molecule is Cc1ccc(C(C)NC(=O)C2(S(C)(=O)=O)CCNCC2)cc1F.Cl. The molecule has 0 spiro atoms. The highest BCUT2D eigenvalue weighted by molar-refractivity contribution is 7.92. The molecule has 5 nitrogen and oxygen atoms in total. The van der Waals surface area contributed by atoms with Crippen LogP contribution < -0.4 is 10.6 Å². The van der Waals surface area contributed by atoms with Gasteiger partial charge >= 0.3 is 0 Å². The van der Waals surface area contributed by atoms with Crippen LogP contribution in [0.15, 0.2) is 18.2 Å². The molecular formula is C16H24ClFN2O3S. The molecule has 24 heavy (non-hydrogen) atoms. The maximum absolute atomic E-state index is 13.7. The van der Waals surface area contributed by atoms with Crippen molar-refractivity contribution in [2.45, 2.75) is 37.5 Å². The van der Waals surface area contributed by atoms with Gasteiger partial charge in [-0.15, -0.1) is 12.4 Å². The summed E-state index contributed by atoms with van der Waals surface area (Å²) in [7, 11) is -3.56. The number of carbonyl (C=O) groups excluding carboxylic acids is 1. The molecule has 1 aromatic rings. The molecule has 2 rings (SSSR count). The van der Waals surface area contributed by atoms with Crippen molar-refractivity contribution in [3.63, 3.8) is 0 Å². The Kier molecular flexibility index (Phi) is 6.78. The first kappa shape index (κ1) is 20.9. The fourth-order valence-electron chi connectivity index (χ4n) is 2.89. The predicted molar refractivity (Wildman–Crippen MR) is 94.6 cm³/mol. The molecule has 1 aliphatic heterocycles. The lowest BCUT2D eigenvalue weighted by Crippen LogP contribution is -2.57. The van der Waals surface area contributed by atoms with Crippen LogP contribution in [0.2, 0.25) is 0 Å². The highest BCUT2D eigenvalue weighted by Gasteiger charge is 2.48. The van der Waals surface area contributed by atoms with Gasteiger partial charge in [-0.05, 0) is 57.0 Å². The first-order valence-corrected chi connectivity index (χ1v) is 9.54. The number of sulfone groups is 1. The second-order valence-corrected chi connectivity index (χ2v) is 8.55. The average Bonchev–Trinajstić information content (AvgIpc) is 2.49.